The second kappa shape index (κ2) is 4.68. The van der Waals surface area contributed by atoms with Gasteiger partial charge in [-0.2, -0.15) is 0 Å². The van der Waals surface area contributed by atoms with Crippen molar-refractivity contribution in [1.82, 2.24) is 0 Å². The molecule has 0 aromatic rings. The first-order valence-corrected chi connectivity index (χ1v) is 6.72. The normalized spacial score (nSPS) is 8.86. The molecule has 0 rings (SSSR count). The van der Waals surface area contributed by atoms with E-state index in [1.54, 1.807) is 0 Å². The van der Waals surface area contributed by atoms with Crippen LogP contribution in [-0.2, 0) is 3.08 Å². The quantitative estimate of drug-likeness (QED) is 0.648. The van der Waals surface area contributed by atoms with E-state index in [0.29, 0.717) is 4.44 Å². The molecule has 0 fully saturated rings. The second-order valence-electron chi connectivity index (χ2n) is 1.46. The van der Waals surface area contributed by atoms with Gasteiger partial charge in [0.2, 0.25) is 0 Å². The van der Waals surface area contributed by atoms with E-state index in [4.69, 9.17) is 0 Å². The van der Waals surface area contributed by atoms with Crippen molar-refractivity contribution in [3.63, 3.8) is 0 Å². The van der Waals surface area contributed by atoms with Crippen LogP contribution in [0.15, 0.2) is 0 Å². The maximum absolute atomic E-state index is 11.5. The first-order valence-electron chi connectivity index (χ1n) is 2.45. The van der Waals surface area contributed by atoms with E-state index in [2.05, 4.69) is 0 Å². The predicted octanol–water partition coefficient (Wildman–Crippen LogP) is 1.67. The first kappa shape index (κ1) is 7.53. The van der Waals surface area contributed by atoms with E-state index in [0.717, 1.165) is 12.8 Å². The van der Waals surface area contributed by atoms with Gasteiger partial charge < -0.3 is 0 Å². The van der Waals surface area contributed by atoms with Gasteiger partial charge in [-0.3, -0.25) is 0 Å². The third-order valence-electron chi connectivity index (χ3n) is 0.727. The molecule has 0 aromatic heterocycles. The summed E-state index contributed by atoms with van der Waals surface area (Å²) in [6.07, 6.45) is 1.75. The standard InChI is InChI=1S/C4H9.FH.O.Sn/c1-3-4-2;;;/h1,3-4H2,2H3;1H;;/q;;;+1/p-1. The summed E-state index contributed by atoms with van der Waals surface area (Å²) in [6.45, 7) is 1.96. The third-order valence-corrected chi connectivity index (χ3v) is 2.86. The Kier molecular flexibility index (Phi) is 5.04. The first-order chi connectivity index (χ1) is 3.27. The van der Waals surface area contributed by atoms with Gasteiger partial charge >= 0.3 is 50.5 Å². The van der Waals surface area contributed by atoms with E-state index >= 15 is 0 Å². The van der Waals surface area contributed by atoms with Gasteiger partial charge in [-0.05, 0) is 0 Å². The molecule has 3 heteroatoms. The number of hydrogen-bond acceptors (Lipinski definition) is 1. The molecule has 0 aliphatic heterocycles. The maximum atomic E-state index is 11.5. The Morgan fingerprint density at radius 2 is 2.29 bits per heavy atom. The van der Waals surface area contributed by atoms with Crippen molar-refractivity contribution >= 4 is 20.3 Å². The van der Waals surface area contributed by atoms with E-state index in [9.17, 15) is 5.94 Å². The van der Waals surface area contributed by atoms with E-state index in [1.165, 1.54) is 0 Å². The molecule has 0 saturated carbocycles. The summed E-state index contributed by atoms with van der Waals surface area (Å²) in [5.41, 5.74) is 0. The van der Waals surface area contributed by atoms with Crippen LogP contribution in [0.5, 0.6) is 0 Å². The Labute approximate surface area is 50.8 Å². The minimum atomic E-state index is -3.39. The fourth-order valence-corrected chi connectivity index (χ4v) is 2.12. The summed E-state index contributed by atoms with van der Waals surface area (Å²) >= 11 is -3.39. The average molecular weight is 211 g/mol. The van der Waals surface area contributed by atoms with Crippen LogP contribution in [0.2, 0.25) is 4.44 Å². The van der Waals surface area contributed by atoms with Crippen LogP contribution in [0.25, 0.3) is 0 Å². The average Bonchev–Trinajstić information content (AvgIpc) is 1.61. The summed E-state index contributed by atoms with van der Waals surface area (Å²) in [4.78, 5) is 0. The molecular formula is C4H9FOSn. The number of rotatable bonds is 3. The zero-order valence-electron chi connectivity index (χ0n) is 4.41. The molecule has 0 aliphatic carbocycles. The van der Waals surface area contributed by atoms with Gasteiger partial charge in [0.05, 0.1) is 0 Å². The fourth-order valence-electron chi connectivity index (χ4n) is 0.316. The van der Waals surface area contributed by atoms with Crippen molar-refractivity contribution in [1.29, 1.82) is 0 Å². The van der Waals surface area contributed by atoms with Gasteiger partial charge in [-0.1, -0.05) is 0 Å². The molecule has 0 heterocycles. The summed E-state index contributed by atoms with van der Waals surface area (Å²) in [7, 11) is 0. The van der Waals surface area contributed by atoms with Crippen molar-refractivity contribution in [2.75, 3.05) is 0 Å². The molecule has 0 spiro atoms. The molecule has 7 heavy (non-hydrogen) atoms. The van der Waals surface area contributed by atoms with Crippen molar-refractivity contribution in [3.8, 4) is 0 Å². The minimum absolute atomic E-state index is 0.374. The Bertz CT molecular complexity index is 64.7. The van der Waals surface area contributed by atoms with E-state index in [-0.39, 0.29) is 0 Å². The molecular weight excluding hydrogens is 202 g/mol. The van der Waals surface area contributed by atoms with Crippen LogP contribution in [-0.4, -0.2) is 20.3 Å². The van der Waals surface area contributed by atoms with Gasteiger partial charge in [0, 0.05) is 0 Å². The molecule has 0 unspecified atom stereocenters. The Morgan fingerprint density at radius 3 is 2.43 bits per heavy atom. The number of halogens is 1. The Hall–Kier alpha value is 0.529. The van der Waals surface area contributed by atoms with Crippen LogP contribution in [0.1, 0.15) is 19.8 Å². The van der Waals surface area contributed by atoms with Gasteiger partial charge in [-0.25, -0.2) is 0 Å². The summed E-state index contributed by atoms with van der Waals surface area (Å²) < 4.78 is 21.7. The van der Waals surface area contributed by atoms with Gasteiger partial charge in [-0.15, -0.1) is 0 Å². The van der Waals surface area contributed by atoms with Crippen LogP contribution >= 0.6 is 0 Å². The molecule has 0 bridgehead atoms. The van der Waals surface area contributed by atoms with Crippen LogP contribution in [0.3, 0.4) is 0 Å². The van der Waals surface area contributed by atoms with Crippen molar-refractivity contribution in [3.05, 3.63) is 0 Å². The molecule has 0 radical (unpaired) electrons. The molecule has 0 saturated heterocycles. The van der Waals surface area contributed by atoms with E-state index in [1.807, 2.05) is 6.92 Å². The summed E-state index contributed by atoms with van der Waals surface area (Å²) in [6, 6.07) is 0. The van der Waals surface area contributed by atoms with Gasteiger partial charge in [0.1, 0.15) is 0 Å². The van der Waals surface area contributed by atoms with Crippen molar-refractivity contribution in [2.24, 2.45) is 0 Å². The fraction of sp³-hybridized carbons (Fsp3) is 1.00. The second-order valence-corrected chi connectivity index (χ2v) is 4.91. The Balaban J connectivity index is 2.82. The summed E-state index contributed by atoms with van der Waals surface area (Å²) in [5, 5.41) is 0. The Morgan fingerprint density at radius 1 is 1.71 bits per heavy atom. The number of unbranched alkanes of at least 4 members (excludes halogenated alkanes) is 1. The van der Waals surface area contributed by atoms with Crippen LogP contribution in [0.4, 0.5) is 2.87 Å². The summed E-state index contributed by atoms with van der Waals surface area (Å²) in [5.74, 6) is 0. The zero-order chi connectivity index (χ0) is 5.70. The molecule has 0 atom stereocenters. The van der Waals surface area contributed by atoms with Crippen LogP contribution in [0, 0.1) is 0 Å². The monoisotopic (exact) mass is 212 g/mol. The molecule has 0 aromatic carbocycles. The van der Waals surface area contributed by atoms with Crippen LogP contribution < -0.4 is 0 Å². The molecule has 0 aliphatic rings. The van der Waals surface area contributed by atoms with Gasteiger partial charge in [0.15, 0.2) is 0 Å². The van der Waals surface area contributed by atoms with Gasteiger partial charge in [0.25, 0.3) is 0 Å². The topological polar surface area (TPSA) is 17.1 Å². The molecule has 1 nitrogen and oxygen atoms in total. The predicted molar refractivity (Wildman–Crippen MR) is 27.3 cm³/mol. The molecule has 0 amide bonds. The zero-order valence-corrected chi connectivity index (χ0v) is 7.26. The SMILES string of the molecule is CCC[CH2][Sn](=[O])[F]. The number of hydrogen-bond donors (Lipinski definition) is 0. The van der Waals surface area contributed by atoms with E-state index < -0.39 is 20.3 Å². The van der Waals surface area contributed by atoms with Crippen molar-refractivity contribution in [2.45, 2.75) is 24.2 Å². The third kappa shape index (κ3) is 6.53. The molecule has 42 valence electrons. The molecule has 0 N–H and O–H groups in total. The van der Waals surface area contributed by atoms with Crippen molar-refractivity contribution < 1.29 is 5.94 Å².